The zero-order valence-electron chi connectivity index (χ0n) is 17.7. The Labute approximate surface area is 185 Å². The lowest BCUT2D eigenvalue weighted by atomic mass is 10.1. The van der Waals surface area contributed by atoms with E-state index in [9.17, 15) is 13.2 Å². The molecule has 0 spiro atoms. The van der Waals surface area contributed by atoms with Crippen molar-refractivity contribution in [3.63, 3.8) is 0 Å². The highest BCUT2D eigenvalue weighted by molar-refractivity contribution is 7.89. The number of nitrogens with one attached hydrogen (secondary N) is 1. The summed E-state index contributed by atoms with van der Waals surface area (Å²) < 4.78 is 27.1. The van der Waals surface area contributed by atoms with Crippen molar-refractivity contribution in [3.8, 4) is 0 Å². The number of rotatable bonds is 6. The first-order valence-electron chi connectivity index (χ1n) is 9.92. The van der Waals surface area contributed by atoms with Gasteiger partial charge in [0.25, 0.3) is 5.91 Å². The summed E-state index contributed by atoms with van der Waals surface area (Å²) in [5, 5.41) is 2.95. The van der Waals surface area contributed by atoms with E-state index in [4.69, 9.17) is 0 Å². The van der Waals surface area contributed by atoms with Crippen LogP contribution in [0.4, 0.5) is 0 Å². The lowest BCUT2D eigenvalue weighted by Gasteiger charge is -2.34. The van der Waals surface area contributed by atoms with Crippen molar-refractivity contribution in [1.29, 1.82) is 0 Å². The molecule has 164 valence electrons. The van der Waals surface area contributed by atoms with Gasteiger partial charge in [-0.05, 0) is 56.2 Å². The average molecular weight is 452 g/mol. The van der Waals surface area contributed by atoms with Gasteiger partial charge in [-0.1, -0.05) is 23.8 Å². The molecule has 8 heteroatoms. The molecule has 0 aromatic heterocycles. The number of hydrogen-bond acceptors (Lipinski definition) is 4. The molecule has 0 atom stereocenters. The van der Waals surface area contributed by atoms with Crippen LogP contribution in [0.25, 0.3) is 0 Å². The van der Waals surface area contributed by atoms with Gasteiger partial charge in [-0.15, -0.1) is 12.4 Å². The van der Waals surface area contributed by atoms with Crippen LogP contribution < -0.4 is 5.32 Å². The minimum absolute atomic E-state index is 0. The summed E-state index contributed by atoms with van der Waals surface area (Å²) in [7, 11) is -3.44. The third-order valence-electron chi connectivity index (χ3n) is 5.47. The first-order chi connectivity index (χ1) is 13.8. The second-order valence-corrected chi connectivity index (χ2v) is 9.55. The molecule has 3 rings (SSSR count). The number of carbonyl (C=O) groups is 1. The van der Waals surface area contributed by atoms with Gasteiger partial charge in [0, 0.05) is 44.8 Å². The number of benzene rings is 2. The number of nitrogens with zero attached hydrogens (tertiary/aromatic N) is 2. The van der Waals surface area contributed by atoms with Crippen LogP contribution in [0.1, 0.15) is 27.0 Å². The molecule has 0 saturated carbocycles. The number of amides is 1. The molecular formula is C22H30ClN3O3S. The average Bonchev–Trinajstić information content (AvgIpc) is 2.70. The minimum atomic E-state index is -3.44. The van der Waals surface area contributed by atoms with Crippen LogP contribution in [-0.4, -0.2) is 62.8 Å². The number of piperazine rings is 1. The van der Waals surface area contributed by atoms with Gasteiger partial charge in [-0.2, -0.15) is 4.31 Å². The molecule has 1 heterocycles. The fourth-order valence-electron chi connectivity index (χ4n) is 3.37. The summed E-state index contributed by atoms with van der Waals surface area (Å²) in [5.74, 6) is -0.0753. The summed E-state index contributed by atoms with van der Waals surface area (Å²) in [6, 6.07) is 12.7. The van der Waals surface area contributed by atoms with Crippen molar-refractivity contribution in [2.45, 2.75) is 25.7 Å². The largest absolute Gasteiger partial charge is 0.351 e. The van der Waals surface area contributed by atoms with E-state index in [1.54, 1.807) is 16.4 Å². The maximum absolute atomic E-state index is 12.8. The fourth-order valence-corrected chi connectivity index (χ4v) is 4.79. The Hall–Kier alpha value is -1.93. The zero-order valence-corrected chi connectivity index (χ0v) is 19.4. The number of aryl methyl sites for hydroxylation is 3. The Morgan fingerprint density at radius 2 is 1.57 bits per heavy atom. The van der Waals surface area contributed by atoms with E-state index >= 15 is 0 Å². The van der Waals surface area contributed by atoms with Gasteiger partial charge in [0.1, 0.15) is 0 Å². The van der Waals surface area contributed by atoms with Crippen LogP contribution in [0.2, 0.25) is 0 Å². The predicted molar refractivity (Wildman–Crippen MR) is 122 cm³/mol. The van der Waals surface area contributed by atoms with Crippen LogP contribution in [0.15, 0.2) is 47.4 Å². The van der Waals surface area contributed by atoms with Crippen LogP contribution in [0, 0.1) is 20.8 Å². The zero-order chi connectivity index (χ0) is 21.0. The molecule has 0 radical (unpaired) electrons. The van der Waals surface area contributed by atoms with Gasteiger partial charge in [0.2, 0.25) is 10.0 Å². The van der Waals surface area contributed by atoms with Crippen LogP contribution in [0.3, 0.4) is 0 Å². The molecule has 1 amide bonds. The molecule has 1 aliphatic rings. The third kappa shape index (κ3) is 5.82. The van der Waals surface area contributed by atoms with Crippen LogP contribution in [0.5, 0.6) is 0 Å². The molecule has 0 aliphatic carbocycles. The van der Waals surface area contributed by atoms with Crippen LogP contribution in [-0.2, 0) is 10.0 Å². The molecule has 1 aliphatic heterocycles. The molecule has 0 unspecified atom stereocenters. The topological polar surface area (TPSA) is 69.7 Å². The second-order valence-electron chi connectivity index (χ2n) is 7.61. The number of carbonyl (C=O) groups excluding carboxylic acids is 1. The third-order valence-corrected chi connectivity index (χ3v) is 7.39. The van der Waals surface area contributed by atoms with E-state index < -0.39 is 10.0 Å². The summed E-state index contributed by atoms with van der Waals surface area (Å²) in [6.45, 7) is 9.43. The lowest BCUT2D eigenvalue weighted by Crippen LogP contribution is -2.50. The van der Waals surface area contributed by atoms with E-state index in [0.29, 0.717) is 49.7 Å². The van der Waals surface area contributed by atoms with Crippen molar-refractivity contribution in [2.24, 2.45) is 0 Å². The highest BCUT2D eigenvalue weighted by Crippen LogP contribution is 2.18. The monoisotopic (exact) mass is 451 g/mol. The van der Waals surface area contributed by atoms with Gasteiger partial charge in [0.05, 0.1) is 4.90 Å². The van der Waals surface area contributed by atoms with Gasteiger partial charge in [-0.25, -0.2) is 8.42 Å². The summed E-state index contributed by atoms with van der Waals surface area (Å²) in [5.41, 5.74) is 3.97. The normalized spacial score (nSPS) is 15.4. The Morgan fingerprint density at radius 1 is 0.933 bits per heavy atom. The Bertz CT molecular complexity index is 970. The van der Waals surface area contributed by atoms with Crippen molar-refractivity contribution in [3.05, 3.63) is 64.7 Å². The van der Waals surface area contributed by atoms with E-state index in [1.165, 1.54) is 5.56 Å². The van der Waals surface area contributed by atoms with Crippen LogP contribution >= 0.6 is 12.4 Å². The van der Waals surface area contributed by atoms with Gasteiger partial charge in [-0.3, -0.25) is 9.69 Å². The fraction of sp³-hybridized carbons (Fsp3) is 0.409. The van der Waals surface area contributed by atoms with Crippen molar-refractivity contribution in [1.82, 2.24) is 14.5 Å². The summed E-state index contributed by atoms with van der Waals surface area (Å²) in [6.07, 6.45) is 0. The Morgan fingerprint density at radius 3 is 2.17 bits per heavy atom. The molecular weight excluding hydrogens is 422 g/mol. The van der Waals surface area contributed by atoms with E-state index in [0.717, 1.165) is 11.1 Å². The van der Waals surface area contributed by atoms with Crippen molar-refractivity contribution in [2.75, 3.05) is 39.3 Å². The smallest absolute Gasteiger partial charge is 0.251 e. The number of halogens is 1. The molecule has 30 heavy (non-hydrogen) atoms. The quantitative estimate of drug-likeness (QED) is 0.733. The summed E-state index contributed by atoms with van der Waals surface area (Å²) >= 11 is 0. The maximum atomic E-state index is 12.8. The minimum Gasteiger partial charge on any atom is -0.351 e. The molecule has 0 bridgehead atoms. The molecule has 2 aromatic carbocycles. The number of sulfonamides is 1. The van der Waals surface area contributed by atoms with Gasteiger partial charge < -0.3 is 5.32 Å². The lowest BCUT2D eigenvalue weighted by molar-refractivity contribution is 0.0945. The van der Waals surface area contributed by atoms with Gasteiger partial charge in [0.15, 0.2) is 0 Å². The molecule has 1 saturated heterocycles. The standard InChI is InChI=1S/C22H29N3O3S.ClH/c1-17-4-8-21(9-5-17)29(27,28)25-14-12-24(13-15-25)11-10-23-22(26)20-7-6-18(2)19(3)16-20;/h4-9,16H,10-15H2,1-3H3,(H,23,26);1H. The van der Waals surface area contributed by atoms with Gasteiger partial charge >= 0.3 is 0 Å². The molecule has 1 fully saturated rings. The second kappa shape index (κ2) is 10.4. The summed E-state index contributed by atoms with van der Waals surface area (Å²) in [4.78, 5) is 14.8. The maximum Gasteiger partial charge on any atom is 0.251 e. The highest BCUT2D eigenvalue weighted by Gasteiger charge is 2.28. The number of hydrogen-bond donors (Lipinski definition) is 1. The first kappa shape index (κ1) is 24.3. The molecule has 2 aromatic rings. The molecule has 6 nitrogen and oxygen atoms in total. The Kier molecular flexibility index (Phi) is 8.43. The first-order valence-corrected chi connectivity index (χ1v) is 11.4. The predicted octanol–water partition coefficient (Wildman–Crippen LogP) is 2.77. The van der Waals surface area contributed by atoms with Crippen molar-refractivity contribution >= 4 is 28.3 Å². The van der Waals surface area contributed by atoms with Crippen molar-refractivity contribution < 1.29 is 13.2 Å². The Balaban J connectivity index is 0.00000320. The van der Waals surface area contributed by atoms with E-state index in [-0.39, 0.29) is 18.3 Å². The molecule has 1 N–H and O–H groups in total. The highest BCUT2D eigenvalue weighted by atomic mass is 35.5. The van der Waals surface area contributed by atoms with E-state index in [2.05, 4.69) is 10.2 Å². The SMILES string of the molecule is Cc1ccc(S(=O)(=O)N2CCN(CCNC(=O)c3ccc(C)c(C)c3)CC2)cc1.Cl. The van der Waals surface area contributed by atoms with E-state index in [1.807, 2.05) is 51.1 Å².